The molecule has 0 bridgehead atoms. The molecule has 0 saturated heterocycles. The first-order valence-corrected chi connectivity index (χ1v) is 5.94. The minimum Gasteiger partial charge on any atom is -0.383 e. The second-order valence-corrected chi connectivity index (χ2v) is 3.31. The second kappa shape index (κ2) is 11.8. The Hall–Kier alpha value is -0.690. The van der Waals surface area contributed by atoms with Crippen LogP contribution in [0.1, 0.15) is 13.8 Å². The Labute approximate surface area is 103 Å². The molecular formula is C11H24N2O4. The third kappa shape index (κ3) is 10.2. The molecule has 6 nitrogen and oxygen atoms in total. The van der Waals surface area contributed by atoms with Crippen molar-refractivity contribution in [2.45, 2.75) is 20.1 Å². The Balaban J connectivity index is 3.57. The zero-order chi connectivity index (χ0) is 12.9. The summed E-state index contributed by atoms with van der Waals surface area (Å²) in [6.07, 6.45) is -0.368. The summed E-state index contributed by atoms with van der Waals surface area (Å²) in [5, 5.41) is 5.69. The number of carbonyl (C=O) groups is 1. The molecule has 0 heterocycles. The Bertz CT molecular complexity index is 184. The molecule has 0 aromatic carbocycles. The summed E-state index contributed by atoms with van der Waals surface area (Å²) >= 11 is 0. The summed E-state index contributed by atoms with van der Waals surface area (Å²) in [7, 11) is 1.62. The number of amides is 1. The summed E-state index contributed by atoms with van der Waals surface area (Å²) in [6, 6.07) is 0. The van der Waals surface area contributed by atoms with Gasteiger partial charge in [-0.25, -0.2) is 0 Å². The Morgan fingerprint density at radius 2 is 1.88 bits per heavy atom. The van der Waals surface area contributed by atoms with Crippen LogP contribution >= 0.6 is 0 Å². The summed E-state index contributed by atoms with van der Waals surface area (Å²) in [4.78, 5) is 11.4. The van der Waals surface area contributed by atoms with Gasteiger partial charge in [-0.1, -0.05) is 0 Å². The van der Waals surface area contributed by atoms with Crippen molar-refractivity contribution in [1.82, 2.24) is 10.6 Å². The van der Waals surface area contributed by atoms with Gasteiger partial charge >= 0.3 is 0 Å². The largest absolute Gasteiger partial charge is 0.383 e. The van der Waals surface area contributed by atoms with Crippen molar-refractivity contribution in [2.75, 3.05) is 46.6 Å². The molecular weight excluding hydrogens is 224 g/mol. The smallest absolute Gasteiger partial charge is 0.234 e. The van der Waals surface area contributed by atoms with Crippen molar-refractivity contribution < 1.29 is 19.0 Å². The van der Waals surface area contributed by atoms with Gasteiger partial charge in [-0.05, 0) is 13.8 Å². The quantitative estimate of drug-likeness (QED) is 0.389. The molecule has 0 saturated carbocycles. The molecule has 0 unspecified atom stereocenters. The number of rotatable bonds is 11. The highest BCUT2D eigenvalue weighted by Gasteiger charge is 2.09. The van der Waals surface area contributed by atoms with Gasteiger partial charge in [-0.2, -0.15) is 0 Å². The van der Waals surface area contributed by atoms with Gasteiger partial charge in [0, 0.05) is 26.9 Å². The Kier molecular flexibility index (Phi) is 11.3. The van der Waals surface area contributed by atoms with Crippen molar-refractivity contribution in [1.29, 1.82) is 0 Å². The van der Waals surface area contributed by atoms with Gasteiger partial charge in [0.05, 0.1) is 19.7 Å². The SMILES string of the molecule is CCOC(CNC(=O)CNCCOC)OCC. The molecule has 0 aliphatic rings. The van der Waals surface area contributed by atoms with Crippen LogP contribution in [0.5, 0.6) is 0 Å². The number of hydrogen-bond donors (Lipinski definition) is 2. The van der Waals surface area contributed by atoms with Gasteiger partial charge in [0.1, 0.15) is 0 Å². The van der Waals surface area contributed by atoms with Crippen LogP contribution in [0.25, 0.3) is 0 Å². The molecule has 17 heavy (non-hydrogen) atoms. The van der Waals surface area contributed by atoms with E-state index in [9.17, 15) is 4.79 Å². The van der Waals surface area contributed by atoms with E-state index in [1.54, 1.807) is 7.11 Å². The fourth-order valence-electron chi connectivity index (χ4n) is 1.17. The lowest BCUT2D eigenvalue weighted by atomic mass is 10.5. The molecule has 0 rings (SSSR count). The van der Waals surface area contributed by atoms with Gasteiger partial charge in [-0.15, -0.1) is 0 Å². The summed E-state index contributed by atoms with van der Waals surface area (Å²) < 4.78 is 15.4. The monoisotopic (exact) mass is 248 g/mol. The maximum Gasteiger partial charge on any atom is 0.234 e. The highest BCUT2D eigenvalue weighted by molar-refractivity contribution is 5.77. The zero-order valence-corrected chi connectivity index (χ0v) is 11.0. The van der Waals surface area contributed by atoms with Crippen LogP contribution in [0.15, 0.2) is 0 Å². The summed E-state index contributed by atoms with van der Waals surface area (Å²) in [5.41, 5.74) is 0. The Morgan fingerprint density at radius 1 is 1.24 bits per heavy atom. The van der Waals surface area contributed by atoms with Gasteiger partial charge < -0.3 is 24.8 Å². The van der Waals surface area contributed by atoms with Gasteiger partial charge in [-0.3, -0.25) is 4.79 Å². The molecule has 102 valence electrons. The molecule has 0 aromatic heterocycles. The Morgan fingerprint density at radius 3 is 2.41 bits per heavy atom. The van der Waals surface area contributed by atoms with Crippen molar-refractivity contribution in [3.8, 4) is 0 Å². The fraction of sp³-hybridized carbons (Fsp3) is 0.909. The minimum atomic E-state index is -0.368. The molecule has 0 atom stereocenters. The van der Waals surface area contributed by atoms with Crippen LogP contribution in [0.3, 0.4) is 0 Å². The van der Waals surface area contributed by atoms with Gasteiger partial charge in [0.2, 0.25) is 5.91 Å². The first kappa shape index (κ1) is 16.3. The van der Waals surface area contributed by atoms with Crippen molar-refractivity contribution in [3.63, 3.8) is 0 Å². The summed E-state index contributed by atoms with van der Waals surface area (Å²) in [6.45, 7) is 6.79. The molecule has 1 amide bonds. The second-order valence-electron chi connectivity index (χ2n) is 3.31. The number of methoxy groups -OCH3 is 1. The van der Waals surface area contributed by atoms with Gasteiger partial charge in [0.25, 0.3) is 0 Å². The maximum atomic E-state index is 11.4. The van der Waals surface area contributed by atoms with Crippen LogP contribution in [0, 0.1) is 0 Å². The molecule has 6 heteroatoms. The van der Waals surface area contributed by atoms with E-state index in [2.05, 4.69) is 10.6 Å². The molecule has 2 N–H and O–H groups in total. The topological polar surface area (TPSA) is 68.8 Å². The van der Waals surface area contributed by atoms with Crippen molar-refractivity contribution in [2.24, 2.45) is 0 Å². The fourth-order valence-corrected chi connectivity index (χ4v) is 1.17. The number of hydrogen-bond acceptors (Lipinski definition) is 5. The average molecular weight is 248 g/mol. The molecule has 0 radical (unpaired) electrons. The zero-order valence-electron chi connectivity index (χ0n) is 11.0. The van der Waals surface area contributed by atoms with Crippen LogP contribution in [0.2, 0.25) is 0 Å². The lowest BCUT2D eigenvalue weighted by Crippen LogP contribution is -2.40. The first-order chi connectivity index (χ1) is 8.24. The highest BCUT2D eigenvalue weighted by atomic mass is 16.7. The lowest BCUT2D eigenvalue weighted by molar-refractivity contribution is -0.140. The normalized spacial score (nSPS) is 10.8. The van der Waals surface area contributed by atoms with E-state index in [0.717, 1.165) is 0 Å². The third-order valence-corrected chi connectivity index (χ3v) is 1.94. The molecule has 0 aliphatic carbocycles. The van der Waals surface area contributed by atoms with Crippen LogP contribution in [-0.2, 0) is 19.0 Å². The van der Waals surface area contributed by atoms with Crippen LogP contribution < -0.4 is 10.6 Å². The van der Waals surface area contributed by atoms with E-state index in [0.29, 0.717) is 32.9 Å². The highest BCUT2D eigenvalue weighted by Crippen LogP contribution is 1.92. The van der Waals surface area contributed by atoms with E-state index in [1.165, 1.54) is 0 Å². The summed E-state index contributed by atoms with van der Waals surface area (Å²) in [5.74, 6) is -0.0782. The predicted octanol–water partition coefficient (Wildman–Crippen LogP) is -0.262. The molecule has 0 aliphatic heterocycles. The van der Waals surface area contributed by atoms with E-state index in [1.807, 2.05) is 13.8 Å². The van der Waals surface area contributed by atoms with E-state index >= 15 is 0 Å². The third-order valence-electron chi connectivity index (χ3n) is 1.94. The predicted molar refractivity (Wildman–Crippen MR) is 64.8 cm³/mol. The number of nitrogens with one attached hydrogen (secondary N) is 2. The molecule has 0 spiro atoms. The molecule has 0 aromatic rings. The van der Waals surface area contributed by atoms with E-state index in [-0.39, 0.29) is 18.7 Å². The minimum absolute atomic E-state index is 0.0782. The average Bonchev–Trinajstić information content (AvgIpc) is 2.32. The number of ether oxygens (including phenoxy) is 3. The van der Waals surface area contributed by atoms with Gasteiger partial charge in [0.15, 0.2) is 6.29 Å². The maximum absolute atomic E-state index is 11.4. The number of carbonyl (C=O) groups excluding carboxylic acids is 1. The lowest BCUT2D eigenvalue weighted by Gasteiger charge is -2.17. The standard InChI is InChI=1S/C11H24N2O4/c1-4-16-11(17-5-2)9-13-10(14)8-12-6-7-15-3/h11-12H,4-9H2,1-3H3,(H,13,14). The first-order valence-electron chi connectivity index (χ1n) is 5.94. The van der Waals surface area contributed by atoms with Crippen LogP contribution in [0.4, 0.5) is 0 Å². The van der Waals surface area contributed by atoms with Crippen LogP contribution in [-0.4, -0.2) is 58.8 Å². The van der Waals surface area contributed by atoms with Crippen molar-refractivity contribution >= 4 is 5.91 Å². The van der Waals surface area contributed by atoms with Crippen molar-refractivity contribution in [3.05, 3.63) is 0 Å². The molecule has 0 fully saturated rings. The van der Waals surface area contributed by atoms with E-state index in [4.69, 9.17) is 14.2 Å². The van der Waals surface area contributed by atoms with E-state index < -0.39 is 0 Å².